The van der Waals surface area contributed by atoms with E-state index in [-0.39, 0.29) is 5.91 Å². The van der Waals surface area contributed by atoms with Gasteiger partial charge in [-0.15, -0.1) is 11.3 Å². The molecule has 18 heavy (non-hydrogen) atoms. The Hall–Kier alpha value is -0.170. The van der Waals surface area contributed by atoms with Gasteiger partial charge in [-0.3, -0.25) is 4.79 Å². The molecule has 0 aliphatic rings. The van der Waals surface area contributed by atoms with Crippen LogP contribution in [0.2, 0.25) is 0 Å². The number of nitrogens with one attached hydrogen (secondary N) is 1. The van der Waals surface area contributed by atoms with E-state index in [2.05, 4.69) is 53.1 Å². The predicted octanol–water partition coefficient (Wildman–Crippen LogP) is 5.60. The predicted molar refractivity (Wildman–Crippen MR) is 86.6 cm³/mol. The maximum absolute atomic E-state index is 12.1. The highest BCUT2D eigenvalue weighted by atomic mass is 79.9. The maximum Gasteiger partial charge on any atom is 0.257 e. The topological polar surface area (TPSA) is 29.1 Å². The standard InChI is InChI=1S/C12H8Br3NOS/c1-6-2-3-9(8(13)4-6)16-12(17)7-5-10(14)18-11(7)15/h2-5H,1H3,(H,16,17). The molecule has 6 heteroatoms. The Morgan fingerprint density at radius 2 is 1.94 bits per heavy atom. The second-order valence-corrected chi connectivity index (χ2v) is 8.28. The summed E-state index contributed by atoms with van der Waals surface area (Å²) in [6, 6.07) is 7.60. The van der Waals surface area contributed by atoms with Crippen molar-refractivity contribution in [2.45, 2.75) is 6.92 Å². The summed E-state index contributed by atoms with van der Waals surface area (Å²) >= 11 is 11.7. The summed E-state index contributed by atoms with van der Waals surface area (Å²) in [5.74, 6) is -0.131. The summed E-state index contributed by atoms with van der Waals surface area (Å²) in [6.07, 6.45) is 0. The molecular formula is C12H8Br3NOS. The number of carbonyl (C=O) groups is 1. The first kappa shape index (κ1) is 14.2. The van der Waals surface area contributed by atoms with Crippen molar-refractivity contribution in [2.24, 2.45) is 0 Å². The van der Waals surface area contributed by atoms with Gasteiger partial charge in [0.25, 0.3) is 5.91 Å². The Morgan fingerprint density at radius 3 is 2.50 bits per heavy atom. The Morgan fingerprint density at radius 1 is 1.22 bits per heavy atom. The van der Waals surface area contributed by atoms with Crippen molar-refractivity contribution in [3.05, 3.63) is 47.4 Å². The molecule has 2 rings (SSSR count). The zero-order valence-corrected chi connectivity index (χ0v) is 14.8. The van der Waals surface area contributed by atoms with E-state index < -0.39 is 0 Å². The lowest BCUT2D eigenvalue weighted by atomic mass is 10.2. The van der Waals surface area contributed by atoms with Crippen LogP contribution in [0, 0.1) is 6.92 Å². The molecule has 0 bridgehead atoms. The molecule has 1 aromatic heterocycles. The summed E-state index contributed by atoms with van der Waals surface area (Å²) in [4.78, 5) is 12.1. The third-order valence-corrected chi connectivity index (χ3v) is 5.27. The van der Waals surface area contributed by atoms with Gasteiger partial charge in [-0.25, -0.2) is 0 Å². The quantitative estimate of drug-likeness (QED) is 0.630. The van der Waals surface area contributed by atoms with Crippen molar-refractivity contribution >= 4 is 70.7 Å². The molecule has 0 unspecified atom stereocenters. The molecule has 0 saturated carbocycles. The summed E-state index contributed by atoms with van der Waals surface area (Å²) in [5, 5.41) is 2.88. The van der Waals surface area contributed by atoms with Gasteiger partial charge in [0.15, 0.2) is 0 Å². The zero-order valence-electron chi connectivity index (χ0n) is 9.26. The molecule has 0 fully saturated rings. The van der Waals surface area contributed by atoms with E-state index in [4.69, 9.17) is 0 Å². The maximum atomic E-state index is 12.1. The first-order valence-corrected chi connectivity index (χ1v) is 8.19. The minimum absolute atomic E-state index is 0.131. The lowest BCUT2D eigenvalue weighted by Crippen LogP contribution is -2.11. The number of amides is 1. The van der Waals surface area contributed by atoms with Crippen LogP contribution in [0.15, 0.2) is 36.3 Å². The van der Waals surface area contributed by atoms with Crippen molar-refractivity contribution < 1.29 is 4.79 Å². The molecule has 1 N–H and O–H groups in total. The smallest absolute Gasteiger partial charge is 0.257 e. The van der Waals surface area contributed by atoms with E-state index in [0.717, 1.165) is 23.3 Å². The molecule has 1 heterocycles. The van der Waals surface area contributed by atoms with Gasteiger partial charge in [-0.2, -0.15) is 0 Å². The number of aryl methyl sites for hydroxylation is 1. The molecule has 2 aromatic rings. The Balaban J connectivity index is 2.24. The molecule has 0 radical (unpaired) electrons. The molecule has 0 spiro atoms. The van der Waals surface area contributed by atoms with E-state index in [1.165, 1.54) is 11.3 Å². The van der Waals surface area contributed by atoms with E-state index in [1.54, 1.807) is 6.07 Å². The van der Waals surface area contributed by atoms with Crippen LogP contribution >= 0.6 is 59.1 Å². The van der Waals surface area contributed by atoms with Gasteiger partial charge in [-0.05, 0) is 78.5 Å². The number of halogens is 3. The normalized spacial score (nSPS) is 10.4. The second kappa shape index (κ2) is 5.86. The van der Waals surface area contributed by atoms with E-state index >= 15 is 0 Å². The van der Waals surface area contributed by atoms with Gasteiger partial charge >= 0.3 is 0 Å². The highest BCUT2D eigenvalue weighted by Gasteiger charge is 2.14. The van der Waals surface area contributed by atoms with Crippen molar-refractivity contribution in [1.82, 2.24) is 0 Å². The van der Waals surface area contributed by atoms with Crippen LogP contribution < -0.4 is 5.32 Å². The Kier molecular flexibility index (Phi) is 4.64. The van der Waals surface area contributed by atoms with Crippen molar-refractivity contribution in [3.8, 4) is 0 Å². The van der Waals surface area contributed by atoms with Gasteiger partial charge in [0.1, 0.15) is 0 Å². The molecule has 94 valence electrons. The summed E-state index contributed by atoms with van der Waals surface area (Å²) < 4.78 is 2.61. The first-order chi connectivity index (χ1) is 8.47. The third kappa shape index (κ3) is 3.23. The van der Waals surface area contributed by atoms with Crippen LogP contribution in [0.3, 0.4) is 0 Å². The number of hydrogen-bond donors (Lipinski definition) is 1. The van der Waals surface area contributed by atoms with Gasteiger partial charge < -0.3 is 5.32 Å². The van der Waals surface area contributed by atoms with Crippen LogP contribution in [0.1, 0.15) is 15.9 Å². The molecule has 0 atom stereocenters. The summed E-state index contributed by atoms with van der Waals surface area (Å²) in [5.41, 5.74) is 2.53. The molecule has 1 aromatic carbocycles. The summed E-state index contributed by atoms with van der Waals surface area (Å²) in [7, 11) is 0. The zero-order chi connectivity index (χ0) is 13.3. The van der Waals surface area contributed by atoms with Crippen molar-refractivity contribution in [1.29, 1.82) is 0 Å². The number of rotatable bonds is 2. The van der Waals surface area contributed by atoms with Gasteiger partial charge in [0.05, 0.1) is 18.8 Å². The minimum atomic E-state index is -0.131. The van der Waals surface area contributed by atoms with Crippen LogP contribution in [0.25, 0.3) is 0 Å². The fourth-order valence-corrected chi connectivity index (χ4v) is 4.79. The van der Waals surface area contributed by atoms with E-state index in [1.807, 2.05) is 25.1 Å². The van der Waals surface area contributed by atoms with Crippen LogP contribution in [0.4, 0.5) is 5.69 Å². The molecule has 1 amide bonds. The second-order valence-electron chi connectivity index (χ2n) is 3.68. The Labute approximate surface area is 134 Å². The number of benzene rings is 1. The monoisotopic (exact) mass is 451 g/mol. The summed E-state index contributed by atoms with van der Waals surface area (Å²) in [6.45, 7) is 2.00. The van der Waals surface area contributed by atoms with Crippen LogP contribution in [-0.4, -0.2) is 5.91 Å². The first-order valence-electron chi connectivity index (χ1n) is 4.99. The van der Waals surface area contributed by atoms with E-state index in [0.29, 0.717) is 5.56 Å². The highest BCUT2D eigenvalue weighted by Crippen LogP contribution is 2.33. The number of anilines is 1. The SMILES string of the molecule is Cc1ccc(NC(=O)c2cc(Br)sc2Br)c(Br)c1. The third-order valence-electron chi connectivity index (χ3n) is 2.27. The fourth-order valence-electron chi connectivity index (χ4n) is 1.41. The fraction of sp³-hybridized carbons (Fsp3) is 0.0833. The van der Waals surface area contributed by atoms with Gasteiger partial charge in [-0.1, -0.05) is 6.07 Å². The largest absolute Gasteiger partial charge is 0.321 e. The molecule has 0 saturated heterocycles. The van der Waals surface area contributed by atoms with Crippen LogP contribution in [0.5, 0.6) is 0 Å². The van der Waals surface area contributed by atoms with Crippen molar-refractivity contribution in [2.75, 3.05) is 5.32 Å². The average molecular weight is 454 g/mol. The van der Waals surface area contributed by atoms with Crippen molar-refractivity contribution in [3.63, 3.8) is 0 Å². The molecule has 2 nitrogen and oxygen atoms in total. The van der Waals surface area contributed by atoms with Gasteiger partial charge in [0, 0.05) is 4.47 Å². The lowest BCUT2D eigenvalue weighted by molar-refractivity contribution is 0.102. The van der Waals surface area contributed by atoms with E-state index in [9.17, 15) is 4.79 Å². The van der Waals surface area contributed by atoms with Crippen LogP contribution in [-0.2, 0) is 0 Å². The Bertz CT molecular complexity index is 609. The molecular weight excluding hydrogens is 446 g/mol. The minimum Gasteiger partial charge on any atom is -0.321 e. The average Bonchev–Trinajstić information content (AvgIpc) is 2.62. The number of carbonyl (C=O) groups excluding carboxylic acids is 1. The molecule has 0 aliphatic heterocycles. The number of thiophene rings is 1. The van der Waals surface area contributed by atoms with Gasteiger partial charge in [0.2, 0.25) is 0 Å². The highest BCUT2D eigenvalue weighted by molar-refractivity contribution is 9.12. The lowest BCUT2D eigenvalue weighted by Gasteiger charge is -2.07. The number of hydrogen-bond acceptors (Lipinski definition) is 2. The molecule has 0 aliphatic carbocycles.